The van der Waals surface area contributed by atoms with Gasteiger partial charge in [0.1, 0.15) is 12.4 Å². The number of aromatic amines is 1. The molecule has 0 fully saturated rings. The van der Waals surface area contributed by atoms with Crippen LogP contribution < -0.4 is 11.2 Å². The highest BCUT2D eigenvalue weighted by Crippen LogP contribution is 2.25. The molecule has 0 aliphatic carbocycles. The number of nitrogens with one attached hydrogen (secondary N) is 1. The van der Waals surface area contributed by atoms with Crippen LogP contribution in [0.4, 0.5) is 0 Å². The Labute approximate surface area is 144 Å². The zero-order chi connectivity index (χ0) is 18.3. The van der Waals surface area contributed by atoms with Crippen molar-refractivity contribution in [3.8, 4) is 0 Å². The number of carbonyl (C=O) groups excluding carboxylic acids is 1. The van der Waals surface area contributed by atoms with Crippen LogP contribution in [-0.4, -0.2) is 41.7 Å². The summed E-state index contributed by atoms with van der Waals surface area (Å²) < 4.78 is 3.31. The molecule has 1 amide bonds. The van der Waals surface area contributed by atoms with Crippen molar-refractivity contribution in [1.29, 1.82) is 0 Å². The molecule has 25 heavy (non-hydrogen) atoms. The molecule has 134 valence electrons. The van der Waals surface area contributed by atoms with Crippen LogP contribution in [0.25, 0.3) is 0 Å². The van der Waals surface area contributed by atoms with Gasteiger partial charge in [-0.15, -0.1) is 10.2 Å². The third-order valence-corrected chi connectivity index (χ3v) is 4.41. The van der Waals surface area contributed by atoms with Crippen molar-refractivity contribution < 1.29 is 4.79 Å². The van der Waals surface area contributed by atoms with E-state index >= 15 is 0 Å². The van der Waals surface area contributed by atoms with E-state index in [1.807, 2.05) is 6.92 Å². The number of aromatic nitrogens is 5. The van der Waals surface area contributed by atoms with E-state index in [2.05, 4.69) is 33.6 Å². The Morgan fingerprint density at radius 3 is 2.76 bits per heavy atom. The SMILES string of the molecule is Cc1cn(CC(=O)N2Cc3nnc(C(C)C)n3[C@@H](C)C2)c(=O)[nH]c1=O. The number of H-pyrrole nitrogens is 1. The summed E-state index contributed by atoms with van der Waals surface area (Å²) in [6.45, 7) is 8.51. The number of nitrogens with zero attached hydrogens (tertiary/aromatic N) is 5. The van der Waals surface area contributed by atoms with Gasteiger partial charge in [-0.3, -0.25) is 19.1 Å². The van der Waals surface area contributed by atoms with Gasteiger partial charge in [-0.1, -0.05) is 13.8 Å². The lowest BCUT2D eigenvalue weighted by molar-refractivity contribution is -0.134. The van der Waals surface area contributed by atoms with E-state index in [1.54, 1.807) is 11.8 Å². The maximum Gasteiger partial charge on any atom is 0.328 e. The van der Waals surface area contributed by atoms with Gasteiger partial charge in [0.25, 0.3) is 5.56 Å². The lowest BCUT2D eigenvalue weighted by Crippen LogP contribution is -2.44. The van der Waals surface area contributed by atoms with E-state index in [0.717, 1.165) is 11.6 Å². The normalized spacial score (nSPS) is 17.0. The standard InChI is InChI=1S/C16H22N6O3/c1-9(2)14-19-18-12-7-20(6-11(4)22(12)14)13(23)8-21-5-10(3)15(24)17-16(21)25/h5,9,11H,6-8H2,1-4H3,(H,17,24,25)/t11-/m0/s1. The van der Waals surface area contributed by atoms with E-state index in [9.17, 15) is 14.4 Å². The van der Waals surface area contributed by atoms with Gasteiger partial charge >= 0.3 is 5.69 Å². The molecular formula is C16H22N6O3. The maximum atomic E-state index is 12.6. The molecule has 9 nitrogen and oxygen atoms in total. The van der Waals surface area contributed by atoms with E-state index < -0.39 is 11.2 Å². The average molecular weight is 346 g/mol. The molecule has 0 saturated carbocycles. The molecule has 1 aliphatic rings. The van der Waals surface area contributed by atoms with Gasteiger partial charge in [0, 0.05) is 24.2 Å². The van der Waals surface area contributed by atoms with E-state index in [1.165, 1.54) is 10.8 Å². The van der Waals surface area contributed by atoms with Gasteiger partial charge in [-0.2, -0.15) is 0 Å². The Hall–Kier alpha value is -2.71. The highest BCUT2D eigenvalue weighted by Gasteiger charge is 2.29. The zero-order valence-corrected chi connectivity index (χ0v) is 14.8. The van der Waals surface area contributed by atoms with Crippen LogP contribution in [0.1, 0.15) is 49.9 Å². The molecule has 3 rings (SSSR count). The second-order valence-corrected chi connectivity index (χ2v) is 6.82. The Morgan fingerprint density at radius 1 is 1.36 bits per heavy atom. The number of hydrogen-bond acceptors (Lipinski definition) is 5. The summed E-state index contributed by atoms with van der Waals surface area (Å²) >= 11 is 0. The van der Waals surface area contributed by atoms with Gasteiger partial charge in [-0.05, 0) is 13.8 Å². The number of amides is 1. The van der Waals surface area contributed by atoms with E-state index in [4.69, 9.17) is 0 Å². The fourth-order valence-corrected chi connectivity index (χ4v) is 3.13. The van der Waals surface area contributed by atoms with Crippen molar-refractivity contribution >= 4 is 5.91 Å². The van der Waals surface area contributed by atoms with Crippen molar-refractivity contribution in [3.63, 3.8) is 0 Å². The van der Waals surface area contributed by atoms with Crippen LogP contribution >= 0.6 is 0 Å². The molecule has 1 atom stereocenters. The van der Waals surface area contributed by atoms with Crippen LogP contribution in [-0.2, 0) is 17.9 Å². The second-order valence-electron chi connectivity index (χ2n) is 6.82. The highest BCUT2D eigenvalue weighted by molar-refractivity contribution is 5.76. The molecule has 9 heteroatoms. The predicted molar refractivity (Wildman–Crippen MR) is 90.3 cm³/mol. The lowest BCUT2D eigenvalue weighted by atomic mass is 10.1. The zero-order valence-electron chi connectivity index (χ0n) is 14.8. The van der Waals surface area contributed by atoms with Crippen LogP contribution in [0.5, 0.6) is 0 Å². The first-order chi connectivity index (χ1) is 11.8. The topological polar surface area (TPSA) is 106 Å². The summed E-state index contributed by atoms with van der Waals surface area (Å²) in [6.07, 6.45) is 1.41. The largest absolute Gasteiger partial charge is 0.332 e. The summed E-state index contributed by atoms with van der Waals surface area (Å²) in [5.41, 5.74) is -0.630. The van der Waals surface area contributed by atoms with Crippen molar-refractivity contribution in [2.75, 3.05) is 6.54 Å². The summed E-state index contributed by atoms with van der Waals surface area (Å²) in [5.74, 6) is 1.73. The molecule has 1 aliphatic heterocycles. The van der Waals surface area contributed by atoms with Crippen molar-refractivity contribution in [2.45, 2.75) is 52.7 Å². The Kier molecular flexibility index (Phi) is 4.32. The molecule has 0 saturated heterocycles. The van der Waals surface area contributed by atoms with Crippen molar-refractivity contribution in [3.05, 3.63) is 44.2 Å². The molecule has 2 aromatic heterocycles. The molecule has 0 aromatic carbocycles. The minimum atomic E-state index is -0.584. The molecule has 0 unspecified atom stereocenters. The van der Waals surface area contributed by atoms with Crippen LogP contribution in [0.3, 0.4) is 0 Å². The number of hydrogen-bond donors (Lipinski definition) is 1. The first-order valence-corrected chi connectivity index (χ1v) is 8.29. The summed E-state index contributed by atoms with van der Waals surface area (Å²) in [6, 6.07) is 0.0640. The Balaban J connectivity index is 1.81. The molecule has 0 radical (unpaired) electrons. The van der Waals surface area contributed by atoms with Crippen molar-refractivity contribution in [2.24, 2.45) is 0 Å². The van der Waals surface area contributed by atoms with Crippen LogP contribution in [0.2, 0.25) is 0 Å². The maximum absolute atomic E-state index is 12.6. The highest BCUT2D eigenvalue weighted by atomic mass is 16.2. The van der Waals surface area contributed by atoms with Gasteiger partial charge in [0.05, 0.1) is 12.6 Å². The molecule has 3 heterocycles. The fourth-order valence-electron chi connectivity index (χ4n) is 3.13. The van der Waals surface area contributed by atoms with Gasteiger partial charge in [-0.25, -0.2) is 4.79 Å². The van der Waals surface area contributed by atoms with Gasteiger partial charge < -0.3 is 9.47 Å². The van der Waals surface area contributed by atoms with Crippen LogP contribution in [0.15, 0.2) is 15.8 Å². The summed E-state index contributed by atoms with van der Waals surface area (Å²) in [5, 5.41) is 8.46. The summed E-state index contributed by atoms with van der Waals surface area (Å²) in [7, 11) is 0. The monoisotopic (exact) mass is 346 g/mol. The van der Waals surface area contributed by atoms with Crippen LogP contribution in [0, 0.1) is 6.92 Å². The Morgan fingerprint density at radius 2 is 2.08 bits per heavy atom. The van der Waals surface area contributed by atoms with Crippen molar-refractivity contribution in [1.82, 2.24) is 29.2 Å². The minimum Gasteiger partial charge on any atom is -0.332 e. The molecule has 1 N–H and O–H groups in total. The first-order valence-electron chi connectivity index (χ1n) is 8.29. The number of aryl methyl sites for hydroxylation is 1. The first kappa shape index (κ1) is 17.1. The average Bonchev–Trinajstić information content (AvgIpc) is 2.97. The molecule has 0 spiro atoms. The Bertz CT molecular complexity index is 923. The second kappa shape index (κ2) is 6.30. The van der Waals surface area contributed by atoms with Gasteiger partial charge in [0.2, 0.25) is 5.91 Å². The molecule has 2 aromatic rings. The number of rotatable bonds is 3. The predicted octanol–water partition coefficient (Wildman–Crippen LogP) is 0.163. The fraction of sp³-hybridized carbons (Fsp3) is 0.562. The van der Waals surface area contributed by atoms with E-state index in [-0.39, 0.29) is 24.4 Å². The smallest absolute Gasteiger partial charge is 0.328 e. The quantitative estimate of drug-likeness (QED) is 0.852. The summed E-state index contributed by atoms with van der Waals surface area (Å²) in [4.78, 5) is 39.8. The molecular weight excluding hydrogens is 324 g/mol. The lowest BCUT2D eigenvalue weighted by Gasteiger charge is -2.33. The number of carbonyl (C=O) groups is 1. The third kappa shape index (κ3) is 3.13. The van der Waals surface area contributed by atoms with Gasteiger partial charge in [0.15, 0.2) is 5.82 Å². The molecule has 0 bridgehead atoms. The third-order valence-electron chi connectivity index (χ3n) is 4.41. The minimum absolute atomic E-state index is 0.0640. The van der Waals surface area contributed by atoms with E-state index in [0.29, 0.717) is 18.7 Å². The number of fused-ring (bicyclic) bond motifs is 1.